The van der Waals surface area contributed by atoms with Gasteiger partial charge in [-0.25, -0.2) is 4.79 Å². The molecule has 0 saturated carbocycles. The van der Waals surface area contributed by atoms with Gasteiger partial charge in [0.2, 0.25) is 0 Å². The molecule has 0 aliphatic rings. The molecule has 0 aromatic heterocycles. The number of carbonyl (C=O) groups excluding carboxylic acids is 1. The largest absolute Gasteiger partial charge is 0.334 e. The molecule has 0 radical (unpaired) electrons. The van der Waals surface area contributed by atoms with Crippen molar-refractivity contribution in [2.24, 2.45) is 0 Å². The first kappa shape index (κ1) is 16.0. The smallest absolute Gasteiger partial charge is 0.319 e. The van der Waals surface area contributed by atoms with Crippen molar-refractivity contribution < 1.29 is 4.79 Å². The first-order valence-electron chi connectivity index (χ1n) is 7.37. The molecule has 2 amide bonds. The number of urea groups is 1. The zero-order valence-electron chi connectivity index (χ0n) is 13.4. The minimum atomic E-state index is -0.193. The number of hydrogen-bond acceptors (Lipinski definition) is 2. The Hall–Kier alpha value is -2.33. The highest BCUT2D eigenvalue weighted by molar-refractivity contribution is 5.89. The van der Waals surface area contributed by atoms with Crippen LogP contribution in [0, 0.1) is 6.92 Å². The SMILES string of the molecule is Cc1ccc(NC(=O)NCc2ccc(CN(C)C)cc2)cc1. The van der Waals surface area contributed by atoms with E-state index in [1.807, 2.05) is 57.4 Å². The van der Waals surface area contributed by atoms with E-state index in [0.717, 1.165) is 17.8 Å². The molecule has 4 nitrogen and oxygen atoms in total. The molecular weight excluding hydrogens is 274 g/mol. The Bertz CT molecular complexity index is 603. The summed E-state index contributed by atoms with van der Waals surface area (Å²) in [7, 11) is 4.09. The van der Waals surface area contributed by atoms with Crippen LogP contribution in [0.4, 0.5) is 10.5 Å². The zero-order valence-corrected chi connectivity index (χ0v) is 13.4. The van der Waals surface area contributed by atoms with Crippen molar-refractivity contribution in [3.8, 4) is 0 Å². The van der Waals surface area contributed by atoms with Gasteiger partial charge in [-0.15, -0.1) is 0 Å². The molecule has 0 heterocycles. The van der Waals surface area contributed by atoms with Gasteiger partial charge in [-0.1, -0.05) is 42.0 Å². The topological polar surface area (TPSA) is 44.4 Å². The molecule has 4 heteroatoms. The molecule has 0 saturated heterocycles. The standard InChI is InChI=1S/C18H23N3O/c1-14-4-10-17(11-5-14)20-18(22)19-12-15-6-8-16(9-7-15)13-21(2)3/h4-11H,12-13H2,1-3H3,(H2,19,20,22). The summed E-state index contributed by atoms with van der Waals surface area (Å²) in [4.78, 5) is 14.0. The van der Waals surface area contributed by atoms with Crippen molar-refractivity contribution in [1.82, 2.24) is 10.2 Å². The molecule has 116 valence electrons. The molecule has 0 bridgehead atoms. The third kappa shape index (κ3) is 5.22. The van der Waals surface area contributed by atoms with Crippen LogP contribution in [0.15, 0.2) is 48.5 Å². The molecule has 0 atom stereocenters. The number of aryl methyl sites for hydroxylation is 1. The molecular formula is C18H23N3O. The van der Waals surface area contributed by atoms with E-state index in [9.17, 15) is 4.79 Å². The maximum absolute atomic E-state index is 11.9. The second-order valence-corrected chi connectivity index (χ2v) is 5.73. The first-order valence-corrected chi connectivity index (χ1v) is 7.37. The first-order chi connectivity index (χ1) is 10.5. The molecule has 0 unspecified atom stereocenters. The van der Waals surface area contributed by atoms with Gasteiger partial charge < -0.3 is 15.5 Å². The maximum atomic E-state index is 11.9. The maximum Gasteiger partial charge on any atom is 0.319 e. The lowest BCUT2D eigenvalue weighted by atomic mass is 10.1. The highest BCUT2D eigenvalue weighted by Gasteiger charge is 2.02. The van der Waals surface area contributed by atoms with E-state index in [1.54, 1.807) is 0 Å². The summed E-state index contributed by atoms with van der Waals surface area (Å²) in [5.74, 6) is 0. The van der Waals surface area contributed by atoms with Crippen LogP contribution in [0.1, 0.15) is 16.7 Å². The Morgan fingerprint density at radius 3 is 2.14 bits per heavy atom. The van der Waals surface area contributed by atoms with Gasteiger partial charge in [0, 0.05) is 18.8 Å². The fourth-order valence-electron chi connectivity index (χ4n) is 2.12. The molecule has 0 fully saturated rings. The number of benzene rings is 2. The Balaban J connectivity index is 1.81. The predicted octanol–water partition coefficient (Wildman–Crippen LogP) is 3.38. The van der Waals surface area contributed by atoms with E-state index in [2.05, 4.69) is 27.7 Å². The van der Waals surface area contributed by atoms with Crippen LogP contribution in [-0.4, -0.2) is 25.0 Å². The van der Waals surface area contributed by atoms with Gasteiger partial charge in [0.1, 0.15) is 0 Å². The average Bonchev–Trinajstić information content (AvgIpc) is 2.48. The third-order valence-electron chi connectivity index (χ3n) is 3.28. The second-order valence-electron chi connectivity index (χ2n) is 5.73. The minimum Gasteiger partial charge on any atom is -0.334 e. The van der Waals surface area contributed by atoms with Crippen LogP contribution in [0.25, 0.3) is 0 Å². The van der Waals surface area contributed by atoms with Crippen LogP contribution in [0.5, 0.6) is 0 Å². The highest BCUT2D eigenvalue weighted by atomic mass is 16.2. The van der Waals surface area contributed by atoms with Crippen LogP contribution in [0.3, 0.4) is 0 Å². The molecule has 2 N–H and O–H groups in total. The van der Waals surface area contributed by atoms with E-state index < -0.39 is 0 Å². The Morgan fingerprint density at radius 2 is 1.55 bits per heavy atom. The summed E-state index contributed by atoms with van der Waals surface area (Å²) in [5.41, 5.74) is 4.31. The quantitative estimate of drug-likeness (QED) is 0.888. The number of anilines is 1. The molecule has 0 spiro atoms. The van der Waals surface area contributed by atoms with E-state index in [0.29, 0.717) is 6.54 Å². The minimum absolute atomic E-state index is 0.193. The summed E-state index contributed by atoms with van der Waals surface area (Å²) >= 11 is 0. The molecule has 2 aromatic rings. The Kier molecular flexibility index (Phi) is 5.55. The van der Waals surface area contributed by atoms with Crippen molar-refractivity contribution in [3.63, 3.8) is 0 Å². The van der Waals surface area contributed by atoms with Crippen LogP contribution < -0.4 is 10.6 Å². The van der Waals surface area contributed by atoms with Gasteiger partial charge in [0.05, 0.1) is 0 Å². The summed E-state index contributed by atoms with van der Waals surface area (Å²) in [6, 6.07) is 15.8. The molecule has 0 aliphatic carbocycles. The van der Waals surface area contributed by atoms with Crippen LogP contribution >= 0.6 is 0 Å². The predicted molar refractivity (Wildman–Crippen MR) is 90.9 cm³/mol. The van der Waals surface area contributed by atoms with Crippen molar-refractivity contribution in [3.05, 3.63) is 65.2 Å². The number of hydrogen-bond donors (Lipinski definition) is 2. The van der Waals surface area contributed by atoms with Gasteiger partial charge in [-0.3, -0.25) is 0 Å². The second kappa shape index (κ2) is 7.61. The lowest BCUT2D eigenvalue weighted by Gasteiger charge is -2.11. The number of carbonyl (C=O) groups is 1. The highest BCUT2D eigenvalue weighted by Crippen LogP contribution is 2.09. The summed E-state index contributed by atoms with van der Waals surface area (Å²) in [6.45, 7) is 3.45. The van der Waals surface area contributed by atoms with Crippen molar-refractivity contribution in [2.45, 2.75) is 20.0 Å². The molecule has 0 aliphatic heterocycles. The zero-order chi connectivity index (χ0) is 15.9. The van der Waals surface area contributed by atoms with E-state index >= 15 is 0 Å². The van der Waals surface area contributed by atoms with E-state index in [4.69, 9.17) is 0 Å². The number of nitrogens with one attached hydrogen (secondary N) is 2. The summed E-state index contributed by atoms with van der Waals surface area (Å²) < 4.78 is 0. The van der Waals surface area contributed by atoms with Gasteiger partial charge in [-0.2, -0.15) is 0 Å². The molecule has 2 aromatic carbocycles. The normalized spacial score (nSPS) is 10.5. The fourth-order valence-corrected chi connectivity index (χ4v) is 2.12. The van der Waals surface area contributed by atoms with Crippen molar-refractivity contribution in [1.29, 1.82) is 0 Å². The average molecular weight is 297 g/mol. The van der Waals surface area contributed by atoms with Crippen molar-refractivity contribution >= 4 is 11.7 Å². The van der Waals surface area contributed by atoms with Gasteiger partial charge in [0.25, 0.3) is 0 Å². The Morgan fingerprint density at radius 1 is 0.955 bits per heavy atom. The number of nitrogens with zero attached hydrogens (tertiary/aromatic N) is 1. The summed E-state index contributed by atoms with van der Waals surface area (Å²) in [5, 5.41) is 5.68. The van der Waals surface area contributed by atoms with Gasteiger partial charge in [-0.05, 0) is 44.3 Å². The lowest BCUT2D eigenvalue weighted by molar-refractivity contribution is 0.251. The summed E-state index contributed by atoms with van der Waals surface area (Å²) in [6.07, 6.45) is 0. The monoisotopic (exact) mass is 297 g/mol. The van der Waals surface area contributed by atoms with Crippen LogP contribution in [-0.2, 0) is 13.1 Å². The van der Waals surface area contributed by atoms with Gasteiger partial charge in [0.15, 0.2) is 0 Å². The lowest BCUT2D eigenvalue weighted by Crippen LogP contribution is -2.28. The van der Waals surface area contributed by atoms with Crippen LogP contribution in [0.2, 0.25) is 0 Å². The number of amides is 2. The van der Waals surface area contributed by atoms with Crippen molar-refractivity contribution in [2.75, 3.05) is 19.4 Å². The fraction of sp³-hybridized carbons (Fsp3) is 0.278. The molecule has 22 heavy (non-hydrogen) atoms. The molecule has 2 rings (SSSR count). The number of rotatable bonds is 5. The third-order valence-corrected chi connectivity index (χ3v) is 3.28. The van der Waals surface area contributed by atoms with E-state index in [-0.39, 0.29) is 6.03 Å². The van der Waals surface area contributed by atoms with Gasteiger partial charge >= 0.3 is 6.03 Å². The Labute approximate surface area is 132 Å². The van der Waals surface area contributed by atoms with E-state index in [1.165, 1.54) is 11.1 Å².